The van der Waals surface area contributed by atoms with Crippen LogP contribution in [0.5, 0.6) is 0 Å². The molecule has 0 aliphatic heterocycles. The zero-order valence-corrected chi connectivity index (χ0v) is 11.5. The topological polar surface area (TPSA) is 29.1 Å². The van der Waals surface area contributed by atoms with Gasteiger partial charge in [0.1, 0.15) is 17.5 Å². The summed E-state index contributed by atoms with van der Waals surface area (Å²) < 4.78 is 38.7. The zero-order valence-electron chi connectivity index (χ0n) is 11.5. The number of halogens is 3. The second-order valence-corrected chi connectivity index (χ2v) is 4.51. The Bertz CT molecular complexity index is 730. The summed E-state index contributed by atoms with van der Waals surface area (Å²) in [7, 11) is 0. The van der Waals surface area contributed by atoms with Crippen molar-refractivity contribution in [3.05, 3.63) is 71.0 Å². The van der Waals surface area contributed by atoms with Crippen LogP contribution in [0.25, 0.3) is 0 Å². The van der Waals surface area contributed by atoms with Crippen molar-refractivity contribution in [2.75, 3.05) is 6.54 Å². The molecular weight excluding hydrogens is 291 g/mol. The summed E-state index contributed by atoms with van der Waals surface area (Å²) in [6, 6.07) is 8.88. The van der Waals surface area contributed by atoms with Crippen molar-refractivity contribution in [2.45, 2.75) is 6.42 Å². The molecule has 2 rings (SSSR count). The molecule has 1 N–H and O–H groups in total. The van der Waals surface area contributed by atoms with Gasteiger partial charge in [-0.3, -0.25) is 4.79 Å². The number of carbonyl (C=O) groups is 1. The predicted octanol–water partition coefficient (Wildman–Crippen LogP) is 2.81. The monoisotopic (exact) mass is 303 g/mol. The molecule has 0 unspecified atom stereocenters. The molecule has 0 heterocycles. The minimum Gasteiger partial charge on any atom is -0.345 e. The first-order valence-corrected chi connectivity index (χ1v) is 6.54. The van der Waals surface area contributed by atoms with Crippen LogP contribution in [0.2, 0.25) is 0 Å². The minimum absolute atomic E-state index is 0.0462. The molecule has 2 nitrogen and oxygen atoms in total. The average Bonchev–Trinajstić information content (AvgIpc) is 2.48. The lowest BCUT2D eigenvalue weighted by Gasteiger charge is -2.01. The summed E-state index contributed by atoms with van der Waals surface area (Å²) in [5.41, 5.74) is 0.828. The average molecular weight is 303 g/mol. The van der Waals surface area contributed by atoms with E-state index in [1.165, 1.54) is 18.2 Å². The molecule has 22 heavy (non-hydrogen) atoms. The molecule has 1 amide bonds. The molecule has 0 fully saturated rings. The van der Waals surface area contributed by atoms with Gasteiger partial charge in [-0.1, -0.05) is 18.1 Å². The van der Waals surface area contributed by atoms with Crippen molar-refractivity contribution >= 4 is 5.91 Å². The van der Waals surface area contributed by atoms with Gasteiger partial charge in [-0.25, -0.2) is 13.2 Å². The third-order valence-corrected chi connectivity index (χ3v) is 2.85. The van der Waals surface area contributed by atoms with Crippen LogP contribution >= 0.6 is 0 Å². The second-order valence-electron chi connectivity index (χ2n) is 4.51. The van der Waals surface area contributed by atoms with Gasteiger partial charge in [0.2, 0.25) is 0 Å². The SMILES string of the molecule is O=C(C#Cc1ccc(F)cc1F)NCCc1ccc(F)cc1. The molecule has 0 spiro atoms. The Morgan fingerprint density at radius 1 is 1.00 bits per heavy atom. The third-order valence-electron chi connectivity index (χ3n) is 2.85. The lowest BCUT2D eigenvalue weighted by molar-refractivity contribution is -0.115. The van der Waals surface area contributed by atoms with Crippen molar-refractivity contribution in [3.63, 3.8) is 0 Å². The van der Waals surface area contributed by atoms with Crippen LogP contribution in [-0.4, -0.2) is 12.5 Å². The summed E-state index contributed by atoms with van der Waals surface area (Å²) in [5, 5.41) is 2.54. The molecule has 0 radical (unpaired) electrons. The Morgan fingerprint density at radius 2 is 1.68 bits per heavy atom. The molecule has 2 aromatic rings. The van der Waals surface area contributed by atoms with E-state index in [1.807, 2.05) is 0 Å². The molecule has 0 saturated carbocycles. The first kappa shape index (κ1) is 15.6. The quantitative estimate of drug-likeness (QED) is 0.868. The van der Waals surface area contributed by atoms with Gasteiger partial charge in [-0.05, 0) is 36.2 Å². The maximum Gasteiger partial charge on any atom is 0.296 e. The number of hydrogen-bond donors (Lipinski definition) is 1. The Morgan fingerprint density at radius 3 is 2.36 bits per heavy atom. The van der Waals surface area contributed by atoms with Crippen molar-refractivity contribution < 1.29 is 18.0 Å². The van der Waals surface area contributed by atoms with Crippen molar-refractivity contribution in [2.24, 2.45) is 0 Å². The molecule has 2 aromatic carbocycles. The van der Waals surface area contributed by atoms with Crippen molar-refractivity contribution in [1.29, 1.82) is 0 Å². The fraction of sp³-hybridized carbons (Fsp3) is 0.118. The number of benzene rings is 2. The first-order chi connectivity index (χ1) is 10.5. The van der Waals surface area contributed by atoms with Gasteiger partial charge in [0.05, 0.1) is 5.56 Å². The number of hydrogen-bond acceptors (Lipinski definition) is 1. The largest absolute Gasteiger partial charge is 0.345 e. The van der Waals surface area contributed by atoms with Crippen LogP contribution in [0.4, 0.5) is 13.2 Å². The molecule has 0 atom stereocenters. The van der Waals surface area contributed by atoms with Crippen LogP contribution in [0, 0.1) is 29.3 Å². The second kappa shape index (κ2) is 7.32. The molecular formula is C17H12F3NO. The third kappa shape index (κ3) is 4.67. The van der Waals surface area contributed by atoms with E-state index in [0.29, 0.717) is 19.0 Å². The zero-order chi connectivity index (χ0) is 15.9. The summed E-state index contributed by atoms with van der Waals surface area (Å²) >= 11 is 0. The van der Waals surface area contributed by atoms with Crippen molar-refractivity contribution in [1.82, 2.24) is 5.32 Å². The lowest BCUT2D eigenvalue weighted by atomic mass is 10.1. The fourth-order valence-corrected chi connectivity index (χ4v) is 1.73. The normalized spacial score (nSPS) is 9.77. The van der Waals surface area contributed by atoms with E-state index in [1.54, 1.807) is 12.1 Å². The van der Waals surface area contributed by atoms with E-state index in [9.17, 15) is 18.0 Å². The first-order valence-electron chi connectivity index (χ1n) is 6.54. The van der Waals surface area contributed by atoms with Gasteiger partial charge in [0.15, 0.2) is 0 Å². The molecule has 112 valence electrons. The van der Waals surface area contributed by atoms with Gasteiger partial charge in [-0.2, -0.15) is 0 Å². The van der Waals surface area contributed by atoms with Crippen LogP contribution in [-0.2, 0) is 11.2 Å². The van der Waals surface area contributed by atoms with Gasteiger partial charge >= 0.3 is 0 Å². The number of rotatable bonds is 3. The van der Waals surface area contributed by atoms with Crippen LogP contribution < -0.4 is 5.32 Å². The van der Waals surface area contributed by atoms with Crippen LogP contribution in [0.3, 0.4) is 0 Å². The van der Waals surface area contributed by atoms with E-state index in [4.69, 9.17) is 0 Å². The van der Waals surface area contributed by atoms with E-state index >= 15 is 0 Å². The Hall–Kier alpha value is -2.74. The van der Waals surface area contributed by atoms with Gasteiger partial charge in [0.25, 0.3) is 5.91 Å². The van der Waals surface area contributed by atoms with Gasteiger partial charge in [-0.15, -0.1) is 0 Å². The van der Waals surface area contributed by atoms with Gasteiger partial charge in [0, 0.05) is 18.5 Å². The summed E-state index contributed by atoms with van der Waals surface area (Å²) in [6.07, 6.45) is 0.526. The lowest BCUT2D eigenvalue weighted by Crippen LogP contribution is -2.24. The van der Waals surface area contributed by atoms with E-state index in [2.05, 4.69) is 17.2 Å². The molecule has 0 aliphatic carbocycles. The maximum absolute atomic E-state index is 13.3. The number of carbonyl (C=O) groups excluding carboxylic acids is 1. The molecule has 0 aromatic heterocycles. The smallest absolute Gasteiger partial charge is 0.296 e. The van der Waals surface area contributed by atoms with E-state index in [0.717, 1.165) is 11.6 Å². The van der Waals surface area contributed by atoms with Gasteiger partial charge < -0.3 is 5.32 Å². The molecule has 0 aliphatic rings. The molecule has 5 heteroatoms. The van der Waals surface area contributed by atoms with E-state index < -0.39 is 17.5 Å². The standard InChI is InChI=1S/C17H12F3NO/c18-14-5-1-12(2-6-14)9-10-21-17(22)8-4-13-3-7-15(19)11-16(13)20/h1-3,5-7,11H,9-10H2,(H,21,22). The number of amides is 1. The Labute approximate surface area is 126 Å². The fourth-order valence-electron chi connectivity index (χ4n) is 1.73. The highest BCUT2D eigenvalue weighted by atomic mass is 19.1. The van der Waals surface area contributed by atoms with Crippen LogP contribution in [0.1, 0.15) is 11.1 Å². The predicted molar refractivity (Wildman–Crippen MR) is 76.3 cm³/mol. The summed E-state index contributed by atoms with van der Waals surface area (Å²) in [4.78, 5) is 11.5. The molecule has 0 saturated heterocycles. The summed E-state index contributed by atoms with van der Waals surface area (Å²) in [6.45, 7) is 0.324. The minimum atomic E-state index is -0.813. The highest BCUT2D eigenvalue weighted by Crippen LogP contribution is 2.07. The maximum atomic E-state index is 13.3. The van der Waals surface area contributed by atoms with Crippen LogP contribution in [0.15, 0.2) is 42.5 Å². The summed E-state index contributed by atoms with van der Waals surface area (Å²) in [5.74, 6) is 2.18. The molecule has 0 bridgehead atoms. The number of nitrogens with one attached hydrogen (secondary N) is 1. The Kier molecular flexibility index (Phi) is 5.21. The highest BCUT2D eigenvalue weighted by molar-refractivity contribution is 5.94. The highest BCUT2D eigenvalue weighted by Gasteiger charge is 2.01. The Balaban J connectivity index is 1.86. The van der Waals surface area contributed by atoms with E-state index in [-0.39, 0.29) is 11.4 Å². The van der Waals surface area contributed by atoms with Crippen molar-refractivity contribution in [3.8, 4) is 11.8 Å².